The smallest absolute Gasteiger partial charge is 0.0119 e. The second kappa shape index (κ2) is 2.58. The van der Waals surface area contributed by atoms with Gasteiger partial charge in [-0.25, -0.2) is 0 Å². The monoisotopic (exact) mass is 193 g/mol. The third-order valence-electron chi connectivity index (χ3n) is 3.72. The van der Waals surface area contributed by atoms with Crippen LogP contribution in [0.2, 0.25) is 0 Å². The maximum absolute atomic E-state index is 5.79. The normalized spacial score (nSPS) is 37.8. The molecule has 0 amide bonds. The van der Waals surface area contributed by atoms with Gasteiger partial charge < -0.3 is 5.73 Å². The van der Waals surface area contributed by atoms with Crippen LogP contribution in [0.4, 0.5) is 0 Å². The lowest BCUT2D eigenvalue weighted by Crippen LogP contribution is -2.16. The van der Waals surface area contributed by atoms with Crippen LogP contribution in [0.3, 0.4) is 0 Å². The van der Waals surface area contributed by atoms with E-state index in [4.69, 9.17) is 5.73 Å². The number of hydrogen-bond donors (Lipinski definition) is 1. The number of nitrogens with two attached hydrogens (primary N) is 1. The van der Waals surface area contributed by atoms with Crippen LogP contribution in [0.25, 0.3) is 0 Å². The summed E-state index contributed by atoms with van der Waals surface area (Å²) in [6.45, 7) is 0.883. The third-order valence-corrected chi connectivity index (χ3v) is 4.79. The molecule has 0 spiro atoms. The molecule has 2 unspecified atom stereocenters. The lowest BCUT2D eigenvalue weighted by atomic mass is 9.95. The summed E-state index contributed by atoms with van der Waals surface area (Å²) >= 11 is 1.92. The summed E-state index contributed by atoms with van der Waals surface area (Å²) in [6.07, 6.45) is 4.23. The van der Waals surface area contributed by atoms with Gasteiger partial charge in [0.05, 0.1) is 0 Å². The minimum atomic E-state index is 0.545. The van der Waals surface area contributed by atoms with Crippen LogP contribution in [-0.4, -0.2) is 6.54 Å². The molecule has 0 bridgehead atoms. The van der Waals surface area contributed by atoms with Crippen molar-refractivity contribution in [2.75, 3.05) is 6.54 Å². The van der Waals surface area contributed by atoms with Gasteiger partial charge in [0.15, 0.2) is 0 Å². The van der Waals surface area contributed by atoms with Gasteiger partial charge in [0, 0.05) is 10.3 Å². The molecule has 0 radical (unpaired) electrons. The molecular formula is C11H15NS. The Bertz CT molecular complexity index is 302. The van der Waals surface area contributed by atoms with Gasteiger partial charge in [-0.3, -0.25) is 0 Å². The van der Waals surface area contributed by atoms with Crippen molar-refractivity contribution in [3.8, 4) is 0 Å². The topological polar surface area (TPSA) is 26.0 Å². The molecule has 2 saturated carbocycles. The SMILES string of the molecule is NCC1CC1(c1cccs1)C1CC1. The van der Waals surface area contributed by atoms with Crippen molar-refractivity contribution in [3.63, 3.8) is 0 Å². The molecule has 1 aromatic rings. The van der Waals surface area contributed by atoms with Crippen LogP contribution in [0, 0.1) is 11.8 Å². The summed E-state index contributed by atoms with van der Waals surface area (Å²) in [7, 11) is 0. The molecule has 1 nitrogen and oxygen atoms in total. The van der Waals surface area contributed by atoms with Gasteiger partial charge in [-0.05, 0) is 49.1 Å². The highest BCUT2D eigenvalue weighted by Crippen LogP contribution is 2.66. The highest BCUT2D eigenvalue weighted by molar-refractivity contribution is 7.10. The first-order valence-electron chi connectivity index (χ1n) is 5.12. The van der Waals surface area contributed by atoms with Gasteiger partial charge in [0.2, 0.25) is 0 Å². The van der Waals surface area contributed by atoms with Crippen LogP contribution >= 0.6 is 11.3 Å². The Balaban J connectivity index is 1.93. The molecule has 0 saturated heterocycles. The van der Waals surface area contributed by atoms with E-state index in [1.165, 1.54) is 19.3 Å². The zero-order chi connectivity index (χ0) is 8.89. The largest absolute Gasteiger partial charge is 0.330 e. The molecule has 0 aromatic carbocycles. The molecule has 2 N–H and O–H groups in total. The van der Waals surface area contributed by atoms with Crippen molar-refractivity contribution >= 4 is 11.3 Å². The zero-order valence-corrected chi connectivity index (χ0v) is 8.52. The summed E-state index contributed by atoms with van der Waals surface area (Å²) in [5.74, 6) is 1.76. The van der Waals surface area contributed by atoms with E-state index < -0.39 is 0 Å². The number of hydrogen-bond acceptors (Lipinski definition) is 2. The van der Waals surface area contributed by atoms with Crippen molar-refractivity contribution in [1.29, 1.82) is 0 Å². The molecule has 0 aliphatic heterocycles. The molecule has 2 aliphatic rings. The van der Waals surface area contributed by atoms with Crippen molar-refractivity contribution in [1.82, 2.24) is 0 Å². The van der Waals surface area contributed by atoms with Crippen LogP contribution in [-0.2, 0) is 5.41 Å². The molecular weight excluding hydrogens is 178 g/mol. The second-order valence-corrected chi connectivity index (χ2v) is 5.38. The van der Waals surface area contributed by atoms with E-state index in [0.29, 0.717) is 5.41 Å². The summed E-state index contributed by atoms with van der Waals surface area (Å²) in [4.78, 5) is 1.60. The van der Waals surface area contributed by atoms with E-state index in [-0.39, 0.29) is 0 Å². The van der Waals surface area contributed by atoms with Gasteiger partial charge in [0.25, 0.3) is 0 Å². The fourth-order valence-electron chi connectivity index (χ4n) is 2.79. The van der Waals surface area contributed by atoms with Gasteiger partial charge in [0.1, 0.15) is 0 Å². The molecule has 1 aromatic heterocycles. The lowest BCUT2D eigenvalue weighted by molar-refractivity contribution is 0.544. The fraction of sp³-hybridized carbons (Fsp3) is 0.636. The van der Waals surface area contributed by atoms with E-state index in [2.05, 4.69) is 17.5 Å². The summed E-state index contributed by atoms with van der Waals surface area (Å²) in [5.41, 5.74) is 6.33. The second-order valence-electron chi connectivity index (χ2n) is 4.43. The zero-order valence-electron chi connectivity index (χ0n) is 7.70. The Hall–Kier alpha value is -0.340. The molecule has 2 heteroatoms. The molecule has 1 heterocycles. The Morgan fingerprint density at radius 2 is 2.38 bits per heavy atom. The van der Waals surface area contributed by atoms with Crippen molar-refractivity contribution in [3.05, 3.63) is 22.4 Å². The van der Waals surface area contributed by atoms with Gasteiger partial charge >= 0.3 is 0 Å². The number of rotatable bonds is 3. The van der Waals surface area contributed by atoms with E-state index in [1.807, 2.05) is 11.3 Å². The molecule has 2 aliphatic carbocycles. The predicted molar refractivity (Wildman–Crippen MR) is 55.9 cm³/mol. The Labute approximate surface area is 83.0 Å². The maximum atomic E-state index is 5.79. The van der Waals surface area contributed by atoms with E-state index in [9.17, 15) is 0 Å². The first-order valence-corrected chi connectivity index (χ1v) is 6.00. The van der Waals surface area contributed by atoms with E-state index >= 15 is 0 Å². The van der Waals surface area contributed by atoms with E-state index in [1.54, 1.807) is 4.88 Å². The molecule has 13 heavy (non-hydrogen) atoms. The van der Waals surface area contributed by atoms with Crippen LogP contribution in [0.5, 0.6) is 0 Å². The van der Waals surface area contributed by atoms with Crippen LogP contribution in [0.1, 0.15) is 24.1 Å². The Kier molecular flexibility index (Phi) is 1.59. The predicted octanol–water partition coefficient (Wildman–Crippen LogP) is 2.37. The first-order chi connectivity index (χ1) is 6.38. The Morgan fingerprint density at radius 1 is 1.54 bits per heavy atom. The molecule has 3 rings (SSSR count). The third kappa shape index (κ3) is 1.02. The maximum Gasteiger partial charge on any atom is 0.0119 e. The fourth-order valence-corrected chi connectivity index (χ4v) is 3.88. The Morgan fingerprint density at radius 3 is 2.85 bits per heavy atom. The lowest BCUT2D eigenvalue weighted by Gasteiger charge is -2.13. The van der Waals surface area contributed by atoms with Crippen molar-refractivity contribution in [2.24, 2.45) is 17.6 Å². The molecule has 70 valence electrons. The van der Waals surface area contributed by atoms with Crippen LogP contribution in [0.15, 0.2) is 17.5 Å². The first kappa shape index (κ1) is 8.01. The number of thiophene rings is 1. The van der Waals surface area contributed by atoms with Gasteiger partial charge in [-0.2, -0.15) is 0 Å². The summed E-state index contributed by atoms with van der Waals surface area (Å²) < 4.78 is 0. The van der Waals surface area contributed by atoms with Gasteiger partial charge in [-0.15, -0.1) is 11.3 Å². The average Bonchev–Trinajstić information content (AvgIpc) is 3.04. The molecule has 2 atom stereocenters. The van der Waals surface area contributed by atoms with Crippen LogP contribution < -0.4 is 5.73 Å². The van der Waals surface area contributed by atoms with Crippen molar-refractivity contribution < 1.29 is 0 Å². The minimum absolute atomic E-state index is 0.545. The highest BCUT2D eigenvalue weighted by atomic mass is 32.1. The standard InChI is InChI=1S/C11H15NS/c12-7-9-6-11(9,8-3-4-8)10-2-1-5-13-10/h1-2,5,8-9H,3-4,6-7,12H2. The highest BCUT2D eigenvalue weighted by Gasteiger charge is 2.62. The average molecular weight is 193 g/mol. The van der Waals surface area contributed by atoms with Gasteiger partial charge in [-0.1, -0.05) is 6.07 Å². The molecule has 2 fully saturated rings. The van der Waals surface area contributed by atoms with E-state index in [0.717, 1.165) is 18.4 Å². The van der Waals surface area contributed by atoms with Crippen molar-refractivity contribution in [2.45, 2.75) is 24.7 Å². The minimum Gasteiger partial charge on any atom is -0.330 e. The summed E-state index contributed by atoms with van der Waals surface area (Å²) in [6, 6.07) is 4.48. The summed E-state index contributed by atoms with van der Waals surface area (Å²) in [5, 5.41) is 2.20. The quantitative estimate of drug-likeness (QED) is 0.783.